The molecule has 1 amide bonds. The van der Waals surface area contributed by atoms with Gasteiger partial charge in [-0.25, -0.2) is 4.98 Å². The fourth-order valence-electron chi connectivity index (χ4n) is 2.79. The molecule has 0 unspecified atom stereocenters. The van der Waals surface area contributed by atoms with E-state index in [0.717, 1.165) is 10.9 Å². The average molecular weight is 357 g/mol. The normalized spacial score (nSPS) is 10.7. The summed E-state index contributed by atoms with van der Waals surface area (Å²) in [6.07, 6.45) is 3.31. The van der Waals surface area contributed by atoms with Crippen LogP contribution in [0.25, 0.3) is 22.4 Å². The lowest BCUT2D eigenvalue weighted by molar-refractivity contribution is 0.0952. The first kappa shape index (κ1) is 16.6. The van der Waals surface area contributed by atoms with E-state index >= 15 is 0 Å². The highest BCUT2D eigenvalue weighted by Crippen LogP contribution is 2.16. The Kier molecular flexibility index (Phi) is 4.40. The van der Waals surface area contributed by atoms with Crippen LogP contribution in [-0.4, -0.2) is 25.8 Å². The van der Waals surface area contributed by atoms with Gasteiger partial charge in [-0.15, -0.1) is 0 Å². The lowest BCUT2D eigenvalue weighted by Crippen LogP contribution is -2.25. The minimum atomic E-state index is -0.302. The van der Waals surface area contributed by atoms with Gasteiger partial charge in [0.25, 0.3) is 11.5 Å². The van der Waals surface area contributed by atoms with Crippen molar-refractivity contribution in [3.63, 3.8) is 0 Å². The molecule has 1 aromatic carbocycles. The van der Waals surface area contributed by atoms with Crippen LogP contribution in [0.4, 0.5) is 0 Å². The molecule has 0 aliphatic heterocycles. The zero-order valence-corrected chi connectivity index (χ0v) is 14.2. The van der Waals surface area contributed by atoms with Crippen molar-refractivity contribution in [1.82, 2.24) is 25.3 Å². The SMILES string of the molecule is O=C(NCc1cc(=O)[nH]c(-c2ccccn2)n1)c1cccc2ncccc12. The number of fused-ring (bicyclic) bond motifs is 1. The Labute approximate surface area is 154 Å². The van der Waals surface area contributed by atoms with Gasteiger partial charge in [-0.2, -0.15) is 0 Å². The van der Waals surface area contributed by atoms with E-state index in [0.29, 0.717) is 22.8 Å². The summed E-state index contributed by atoms with van der Waals surface area (Å²) in [5.74, 6) is 0.108. The molecule has 4 aromatic rings. The molecule has 0 radical (unpaired) electrons. The third-order valence-corrected chi connectivity index (χ3v) is 4.02. The maximum Gasteiger partial charge on any atom is 0.252 e. The highest BCUT2D eigenvalue weighted by atomic mass is 16.1. The largest absolute Gasteiger partial charge is 0.346 e. The van der Waals surface area contributed by atoms with E-state index in [2.05, 4.69) is 25.3 Å². The van der Waals surface area contributed by atoms with E-state index in [-0.39, 0.29) is 18.0 Å². The molecule has 0 saturated heterocycles. The predicted molar refractivity (Wildman–Crippen MR) is 101 cm³/mol. The number of rotatable bonds is 4. The van der Waals surface area contributed by atoms with E-state index in [9.17, 15) is 9.59 Å². The summed E-state index contributed by atoms with van der Waals surface area (Å²) in [4.78, 5) is 40.0. The number of pyridine rings is 2. The van der Waals surface area contributed by atoms with Crippen molar-refractivity contribution in [2.45, 2.75) is 6.54 Å². The fraction of sp³-hybridized carbons (Fsp3) is 0.0500. The van der Waals surface area contributed by atoms with Gasteiger partial charge >= 0.3 is 0 Å². The van der Waals surface area contributed by atoms with E-state index in [1.807, 2.05) is 18.2 Å². The average Bonchev–Trinajstić information content (AvgIpc) is 2.72. The van der Waals surface area contributed by atoms with E-state index in [1.54, 1.807) is 42.7 Å². The second-order valence-corrected chi connectivity index (χ2v) is 5.86. The predicted octanol–water partition coefficient (Wildman–Crippen LogP) is 2.31. The standard InChI is InChI=1S/C20H15N5O2/c26-18-11-13(24-19(25-18)17-7-1-2-9-22-17)12-23-20(27)15-5-3-8-16-14(15)6-4-10-21-16/h1-11H,12H2,(H,23,27)(H,24,25,26). The van der Waals surface area contributed by atoms with Crippen LogP contribution in [0.15, 0.2) is 71.8 Å². The van der Waals surface area contributed by atoms with Gasteiger partial charge < -0.3 is 10.3 Å². The Balaban J connectivity index is 1.57. The Bertz CT molecular complexity index is 1170. The monoisotopic (exact) mass is 357 g/mol. The number of benzene rings is 1. The van der Waals surface area contributed by atoms with Crippen LogP contribution in [0.3, 0.4) is 0 Å². The number of hydrogen-bond acceptors (Lipinski definition) is 5. The van der Waals surface area contributed by atoms with Crippen molar-refractivity contribution in [2.24, 2.45) is 0 Å². The Morgan fingerprint density at radius 1 is 1.00 bits per heavy atom. The van der Waals surface area contributed by atoms with Crippen LogP contribution in [0.1, 0.15) is 16.1 Å². The molecule has 3 aromatic heterocycles. The minimum Gasteiger partial charge on any atom is -0.346 e. The number of carbonyl (C=O) groups is 1. The Morgan fingerprint density at radius 2 is 1.89 bits per heavy atom. The first-order chi connectivity index (χ1) is 13.2. The molecule has 2 N–H and O–H groups in total. The third-order valence-electron chi connectivity index (χ3n) is 4.02. The van der Waals surface area contributed by atoms with Crippen LogP contribution in [0.2, 0.25) is 0 Å². The number of carbonyl (C=O) groups excluding carboxylic acids is 1. The summed E-state index contributed by atoms with van der Waals surface area (Å²) in [6.45, 7) is 0.124. The maximum atomic E-state index is 12.6. The van der Waals surface area contributed by atoms with Crippen molar-refractivity contribution < 1.29 is 4.79 Å². The number of nitrogens with one attached hydrogen (secondary N) is 2. The summed E-state index contributed by atoms with van der Waals surface area (Å²) in [5, 5.41) is 3.58. The number of hydrogen-bond donors (Lipinski definition) is 2. The van der Waals surface area contributed by atoms with Crippen molar-refractivity contribution >= 4 is 16.8 Å². The first-order valence-electron chi connectivity index (χ1n) is 8.34. The number of amides is 1. The fourth-order valence-corrected chi connectivity index (χ4v) is 2.79. The summed E-state index contributed by atoms with van der Waals surface area (Å²) in [7, 11) is 0. The molecule has 0 spiro atoms. The smallest absolute Gasteiger partial charge is 0.252 e. The molecule has 7 heteroatoms. The molecule has 4 rings (SSSR count). The quantitative estimate of drug-likeness (QED) is 0.584. The Morgan fingerprint density at radius 3 is 2.74 bits per heavy atom. The van der Waals surface area contributed by atoms with Gasteiger partial charge in [0.1, 0.15) is 5.69 Å². The summed E-state index contributed by atoms with van der Waals surface area (Å²) in [5.41, 5.74) is 1.98. The van der Waals surface area contributed by atoms with Gasteiger partial charge in [0, 0.05) is 29.4 Å². The molecular formula is C20H15N5O2. The topological polar surface area (TPSA) is 101 Å². The van der Waals surface area contributed by atoms with Crippen LogP contribution >= 0.6 is 0 Å². The van der Waals surface area contributed by atoms with Crippen molar-refractivity contribution in [1.29, 1.82) is 0 Å². The molecule has 0 fully saturated rings. The number of aromatic amines is 1. The van der Waals surface area contributed by atoms with Crippen molar-refractivity contribution in [3.05, 3.63) is 88.6 Å². The molecule has 0 saturated carbocycles. The molecule has 0 aliphatic carbocycles. The second-order valence-electron chi connectivity index (χ2n) is 5.86. The number of H-pyrrole nitrogens is 1. The zero-order valence-electron chi connectivity index (χ0n) is 14.2. The van der Waals surface area contributed by atoms with E-state index in [4.69, 9.17) is 0 Å². The lowest BCUT2D eigenvalue weighted by Gasteiger charge is -2.08. The van der Waals surface area contributed by atoms with Gasteiger partial charge in [-0.3, -0.25) is 19.6 Å². The molecule has 3 heterocycles. The summed E-state index contributed by atoms with van der Waals surface area (Å²) in [6, 6.07) is 15.7. The van der Waals surface area contributed by atoms with Gasteiger partial charge in [-0.1, -0.05) is 18.2 Å². The van der Waals surface area contributed by atoms with Crippen molar-refractivity contribution in [3.8, 4) is 11.5 Å². The zero-order chi connectivity index (χ0) is 18.6. The number of aromatic nitrogens is 4. The highest BCUT2D eigenvalue weighted by Gasteiger charge is 2.11. The summed E-state index contributed by atoms with van der Waals surface area (Å²) < 4.78 is 0. The van der Waals surface area contributed by atoms with Crippen LogP contribution in [0, 0.1) is 0 Å². The first-order valence-corrected chi connectivity index (χ1v) is 8.34. The van der Waals surface area contributed by atoms with Crippen LogP contribution < -0.4 is 10.9 Å². The molecule has 0 bridgehead atoms. The number of nitrogens with zero attached hydrogens (tertiary/aromatic N) is 3. The molecule has 0 atom stereocenters. The molecule has 7 nitrogen and oxygen atoms in total. The third kappa shape index (κ3) is 3.57. The van der Waals surface area contributed by atoms with Crippen LogP contribution in [-0.2, 0) is 6.54 Å². The summed E-state index contributed by atoms with van der Waals surface area (Å²) >= 11 is 0. The minimum absolute atomic E-state index is 0.124. The molecule has 27 heavy (non-hydrogen) atoms. The van der Waals surface area contributed by atoms with Crippen LogP contribution in [0.5, 0.6) is 0 Å². The highest BCUT2D eigenvalue weighted by molar-refractivity contribution is 6.06. The molecule has 132 valence electrons. The molecule has 0 aliphatic rings. The van der Waals surface area contributed by atoms with E-state index < -0.39 is 0 Å². The molecular weight excluding hydrogens is 342 g/mol. The maximum absolute atomic E-state index is 12.6. The van der Waals surface area contributed by atoms with Crippen molar-refractivity contribution in [2.75, 3.05) is 0 Å². The Hall–Kier alpha value is -3.87. The van der Waals surface area contributed by atoms with E-state index in [1.165, 1.54) is 6.07 Å². The lowest BCUT2D eigenvalue weighted by atomic mass is 10.1. The van der Waals surface area contributed by atoms with Gasteiger partial charge in [0.05, 0.1) is 17.8 Å². The second kappa shape index (κ2) is 7.17. The van der Waals surface area contributed by atoms with Gasteiger partial charge in [0.15, 0.2) is 5.82 Å². The van der Waals surface area contributed by atoms with Gasteiger partial charge in [-0.05, 0) is 30.3 Å². The van der Waals surface area contributed by atoms with Gasteiger partial charge in [0.2, 0.25) is 0 Å².